The second-order valence-electron chi connectivity index (χ2n) is 4.27. The van der Waals surface area contributed by atoms with Crippen LogP contribution in [0.15, 0.2) is 18.2 Å². The average molecular weight is 231 g/mol. The van der Waals surface area contributed by atoms with E-state index < -0.39 is 0 Å². The van der Waals surface area contributed by atoms with Crippen molar-refractivity contribution in [2.24, 2.45) is 0 Å². The van der Waals surface area contributed by atoms with Gasteiger partial charge in [0.05, 0.1) is 12.2 Å². The van der Waals surface area contributed by atoms with E-state index in [1.807, 2.05) is 26.0 Å². The third-order valence-corrected chi connectivity index (χ3v) is 2.98. The number of rotatable bonds is 3. The van der Waals surface area contributed by atoms with Crippen LogP contribution in [0.25, 0.3) is 10.9 Å². The summed E-state index contributed by atoms with van der Waals surface area (Å²) >= 11 is 0. The quantitative estimate of drug-likeness (QED) is 0.823. The summed E-state index contributed by atoms with van der Waals surface area (Å²) in [5, 5.41) is 1.09. The number of carbonyl (C=O) groups excluding carboxylic acids is 1. The van der Waals surface area contributed by atoms with E-state index in [-0.39, 0.29) is 5.97 Å². The van der Waals surface area contributed by atoms with Crippen molar-refractivity contribution < 1.29 is 9.53 Å². The number of aromatic amines is 1. The van der Waals surface area contributed by atoms with E-state index in [9.17, 15) is 4.79 Å². The largest absolute Gasteiger partial charge is 0.462 e. The van der Waals surface area contributed by atoms with Crippen LogP contribution in [0.1, 0.15) is 35.0 Å². The number of hydrogen-bond donors (Lipinski definition) is 1. The molecule has 0 spiro atoms. The fourth-order valence-corrected chi connectivity index (χ4v) is 1.87. The first-order valence-corrected chi connectivity index (χ1v) is 5.89. The van der Waals surface area contributed by atoms with E-state index in [0.717, 1.165) is 23.0 Å². The third kappa shape index (κ3) is 2.18. The molecule has 1 aromatic heterocycles. The Balaban J connectivity index is 2.37. The first kappa shape index (κ1) is 11.7. The molecule has 1 N–H and O–H groups in total. The predicted octanol–water partition coefficient (Wildman–Crippen LogP) is 3.35. The number of ether oxygens (including phenoxy) is 1. The topological polar surface area (TPSA) is 42.1 Å². The highest BCUT2D eigenvalue weighted by Crippen LogP contribution is 2.22. The molecule has 0 radical (unpaired) electrons. The maximum absolute atomic E-state index is 11.7. The van der Waals surface area contributed by atoms with Gasteiger partial charge in [0, 0.05) is 16.6 Å². The maximum atomic E-state index is 11.7. The van der Waals surface area contributed by atoms with Crippen LogP contribution in [0.5, 0.6) is 0 Å². The van der Waals surface area contributed by atoms with Gasteiger partial charge in [0.25, 0.3) is 0 Å². The maximum Gasteiger partial charge on any atom is 0.338 e. The van der Waals surface area contributed by atoms with Gasteiger partial charge in [-0.05, 0) is 44.0 Å². The minimum atomic E-state index is -0.244. The highest BCUT2D eigenvalue weighted by atomic mass is 16.5. The first-order chi connectivity index (χ1) is 8.13. The smallest absolute Gasteiger partial charge is 0.338 e. The van der Waals surface area contributed by atoms with Crippen molar-refractivity contribution in [3.8, 4) is 0 Å². The third-order valence-electron chi connectivity index (χ3n) is 2.98. The Kier molecular flexibility index (Phi) is 3.18. The van der Waals surface area contributed by atoms with Gasteiger partial charge in [-0.25, -0.2) is 4.79 Å². The molecular weight excluding hydrogens is 214 g/mol. The van der Waals surface area contributed by atoms with E-state index in [1.54, 1.807) is 6.07 Å². The Morgan fingerprint density at radius 1 is 1.35 bits per heavy atom. The lowest BCUT2D eigenvalue weighted by Gasteiger charge is -2.03. The van der Waals surface area contributed by atoms with Crippen LogP contribution in [0.2, 0.25) is 0 Å². The molecule has 0 aliphatic rings. The van der Waals surface area contributed by atoms with Gasteiger partial charge in [0.2, 0.25) is 0 Å². The summed E-state index contributed by atoms with van der Waals surface area (Å²) in [6, 6.07) is 5.62. The van der Waals surface area contributed by atoms with Crippen LogP contribution in [-0.4, -0.2) is 17.6 Å². The van der Waals surface area contributed by atoms with Crippen molar-refractivity contribution in [3.63, 3.8) is 0 Å². The molecular formula is C14H17NO2. The number of H-pyrrole nitrogens is 1. The van der Waals surface area contributed by atoms with Crippen LogP contribution in [0, 0.1) is 13.8 Å². The van der Waals surface area contributed by atoms with Gasteiger partial charge in [-0.1, -0.05) is 6.92 Å². The molecule has 3 heteroatoms. The molecule has 17 heavy (non-hydrogen) atoms. The van der Waals surface area contributed by atoms with Crippen LogP contribution in [0.3, 0.4) is 0 Å². The molecule has 2 aromatic rings. The Bertz CT molecular complexity index is 555. The summed E-state index contributed by atoms with van der Waals surface area (Å²) in [5.74, 6) is -0.244. The Morgan fingerprint density at radius 2 is 2.12 bits per heavy atom. The van der Waals surface area contributed by atoms with Crippen molar-refractivity contribution in [2.45, 2.75) is 27.2 Å². The van der Waals surface area contributed by atoms with Crippen molar-refractivity contribution in [1.82, 2.24) is 4.98 Å². The van der Waals surface area contributed by atoms with Crippen LogP contribution < -0.4 is 0 Å². The van der Waals surface area contributed by atoms with E-state index in [2.05, 4.69) is 11.9 Å². The zero-order valence-electron chi connectivity index (χ0n) is 10.5. The van der Waals surface area contributed by atoms with E-state index in [1.165, 1.54) is 5.56 Å². The average Bonchev–Trinajstić information content (AvgIpc) is 2.62. The Labute approximate surface area is 101 Å². The summed E-state index contributed by atoms with van der Waals surface area (Å²) in [5.41, 5.74) is 4.00. The van der Waals surface area contributed by atoms with E-state index in [0.29, 0.717) is 12.2 Å². The van der Waals surface area contributed by atoms with Gasteiger partial charge in [0.15, 0.2) is 0 Å². The van der Waals surface area contributed by atoms with Gasteiger partial charge in [-0.3, -0.25) is 0 Å². The monoisotopic (exact) mass is 231 g/mol. The lowest BCUT2D eigenvalue weighted by Crippen LogP contribution is -2.05. The minimum absolute atomic E-state index is 0.244. The normalized spacial score (nSPS) is 10.8. The molecule has 1 aromatic carbocycles. The molecule has 2 rings (SSSR count). The van der Waals surface area contributed by atoms with E-state index >= 15 is 0 Å². The molecule has 0 unspecified atom stereocenters. The number of carbonyl (C=O) groups is 1. The van der Waals surface area contributed by atoms with Crippen LogP contribution in [0.4, 0.5) is 0 Å². The molecule has 90 valence electrons. The van der Waals surface area contributed by atoms with Crippen LogP contribution in [-0.2, 0) is 4.74 Å². The molecule has 0 bridgehead atoms. The van der Waals surface area contributed by atoms with Crippen molar-refractivity contribution in [3.05, 3.63) is 35.0 Å². The molecule has 0 saturated carbocycles. The van der Waals surface area contributed by atoms with Gasteiger partial charge >= 0.3 is 5.97 Å². The fraction of sp³-hybridized carbons (Fsp3) is 0.357. The SMILES string of the molecule is CCCOC(=O)c1ccc2[nH]c(C)c(C)c2c1. The summed E-state index contributed by atoms with van der Waals surface area (Å²) in [7, 11) is 0. The fourth-order valence-electron chi connectivity index (χ4n) is 1.87. The molecule has 0 saturated heterocycles. The second-order valence-corrected chi connectivity index (χ2v) is 4.27. The summed E-state index contributed by atoms with van der Waals surface area (Å²) < 4.78 is 5.12. The molecule has 0 atom stereocenters. The summed E-state index contributed by atoms with van der Waals surface area (Å²) in [6.07, 6.45) is 0.844. The number of hydrogen-bond acceptors (Lipinski definition) is 2. The number of fused-ring (bicyclic) bond motifs is 1. The molecule has 1 heterocycles. The van der Waals surface area contributed by atoms with Gasteiger partial charge in [-0.15, -0.1) is 0 Å². The van der Waals surface area contributed by atoms with Crippen molar-refractivity contribution in [2.75, 3.05) is 6.61 Å². The van der Waals surface area contributed by atoms with Crippen molar-refractivity contribution >= 4 is 16.9 Å². The van der Waals surface area contributed by atoms with Gasteiger partial charge in [0.1, 0.15) is 0 Å². The number of esters is 1. The van der Waals surface area contributed by atoms with Gasteiger partial charge < -0.3 is 9.72 Å². The Hall–Kier alpha value is -1.77. The Morgan fingerprint density at radius 3 is 2.82 bits per heavy atom. The zero-order chi connectivity index (χ0) is 12.4. The number of aromatic nitrogens is 1. The van der Waals surface area contributed by atoms with Gasteiger partial charge in [-0.2, -0.15) is 0 Å². The molecule has 0 aliphatic heterocycles. The number of nitrogens with one attached hydrogen (secondary N) is 1. The summed E-state index contributed by atoms with van der Waals surface area (Å²) in [4.78, 5) is 15.0. The molecule has 0 aliphatic carbocycles. The first-order valence-electron chi connectivity index (χ1n) is 5.89. The van der Waals surface area contributed by atoms with Crippen molar-refractivity contribution in [1.29, 1.82) is 0 Å². The number of aryl methyl sites for hydroxylation is 2. The van der Waals surface area contributed by atoms with E-state index in [4.69, 9.17) is 4.74 Å². The minimum Gasteiger partial charge on any atom is -0.462 e. The summed E-state index contributed by atoms with van der Waals surface area (Å²) in [6.45, 7) is 6.54. The molecule has 0 fully saturated rings. The standard InChI is InChI=1S/C14H17NO2/c1-4-7-17-14(16)11-5-6-13-12(8-11)9(2)10(3)15-13/h5-6,8,15H,4,7H2,1-3H3. The predicted molar refractivity (Wildman–Crippen MR) is 68.3 cm³/mol. The lowest BCUT2D eigenvalue weighted by atomic mass is 10.1. The lowest BCUT2D eigenvalue weighted by molar-refractivity contribution is 0.0505. The van der Waals surface area contributed by atoms with Crippen LogP contribution >= 0.6 is 0 Å². The highest BCUT2D eigenvalue weighted by molar-refractivity contribution is 5.96. The number of benzene rings is 1. The second kappa shape index (κ2) is 4.62. The zero-order valence-corrected chi connectivity index (χ0v) is 10.5. The highest BCUT2D eigenvalue weighted by Gasteiger charge is 2.10. The molecule has 0 amide bonds. The molecule has 3 nitrogen and oxygen atoms in total.